The van der Waals surface area contributed by atoms with Gasteiger partial charge in [0.25, 0.3) is 0 Å². The minimum Gasteiger partial charge on any atom is -0.342 e. The molecule has 0 amide bonds. The van der Waals surface area contributed by atoms with Crippen molar-refractivity contribution in [2.75, 3.05) is 0 Å². The van der Waals surface area contributed by atoms with Crippen LogP contribution in [-0.4, -0.2) is 9.97 Å². The Morgan fingerprint density at radius 1 is 1.28 bits per heavy atom. The van der Waals surface area contributed by atoms with E-state index in [0.29, 0.717) is 4.64 Å². The number of H-pyrrole nitrogens is 1. The summed E-state index contributed by atoms with van der Waals surface area (Å²) < 4.78 is 1.52. The molecule has 1 heterocycles. The molecule has 1 saturated carbocycles. The van der Waals surface area contributed by atoms with Gasteiger partial charge in [-0.25, -0.2) is 4.98 Å². The highest BCUT2D eigenvalue weighted by Gasteiger charge is 2.23. The van der Waals surface area contributed by atoms with E-state index in [4.69, 9.17) is 12.2 Å². The number of hydrogen-bond donors (Lipinski definition) is 1. The van der Waals surface area contributed by atoms with Gasteiger partial charge in [-0.15, -0.1) is 0 Å². The molecule has 1 aliphatic rings. The molecule has 2 aromatic rings. The summed E-state index contributed by atoms with van der Waals surface area (Å²) in [6, 6.07) is 10.2. The summed E-state index contributed by atoms with van der Waals surface area (Å²) in [7, 11) is 0. The fourth-order valence-corrected chi connectivity index (χ4v) is 2.63. The van der Waals surface area contributed by atoms with E-state index in [0.717, 1.165) is 33.9 Å². The van der Waals surface area contributed by atoms with Crippen LogP contribution in [-0.2, 0) is 6.42 Å². The van der Waals surface area contributed by atoms with Crippen LogP contribution in [0.1, 0.15) is 18.7 Å². The van der Waals surface area contributed by atoms with Gasteiger partial charge in [0.05, 0.1) is 10.2 Å². The highest BCUT2D eigenvalue weighted by atomic mass is 79.9. The minimum absolute atomic E-state index is 0.642. The Balaban J connectivity index is 2.06. The summed E-state index contributed by atoms with van der Waals surface area (Å²) in [5.74, 6) is 1.80. The highest BCUT2D eigenvalue weighted by Crippen LogP contribution is 2.33. The van der Waals surface area contributed by atoms with Crippen LogP contribution < -0.4 is 0 Å². The van der Waals surface area contributed by atoms with Crippen molar-refractivity contribution in [3.8, 4) is 11.3 Å². The molecule has 1 fully saturated rings. The van der Waals surface area contributed by atoms with Gasteiger partial charge in [-0.05, 0) is 40.3 Å². The fourth-order valence-electron chi connectivity index (χ4n) is 2.00. The third-order valence-electron chi connectivity index (χ3n) is 3.15. The molecule has 1 N–H and O–H groups in total. The lowest BCUT2D eigenvalue weighted by atomic mass is 10.1. The first kappa shape index (κ1) is 12.1. The number of aromatic amines is 1. The van der Waals surface area contributed by atoms with Crippen molar-refractivity contribution < 1.29 is 0 Å². The average Bonchev–Trinajstić information content (AvgIpc) is 3.18. The van der Waals surface area contributed by atoms with Gasteiger partial charge in [-0.3, -0.25) is 0 Å². The first-order valence-electron chi connectivity index (χ1n) is 6.08. The van der Waals surface area contributed by atoms with E-state index in [1.165, 1.54) is 12.8 Å². The predicted octanol–water partition coefficient (Wildman–Crippen LogP) is 4.52. The van der Waals surface area contributed by atoms with Crippen molar-refractivity contribution in [3.63, 3.8) is 0 Å². The zero-order valence-corrected chi connectivity index (χ0v) is 12.2. The minimum atomic E-state index is 0.642. The molecule has 0 atom stereocenters. The van der Waals surface area contributed by atoms with Gasteiger partial charge in [0.2, 0.25) is 0 Å². The van der Waals surface area contributed by atoms with E-state index >= 15 is 0 Å². The maximum Gasteiger partial charge on any atom is 0.144 e. The fraction of sp³-hybridized carbons (Fsp3) is 0.286. The lowest BCUT2D eigenvalue weighted by molar-refractivity contribution is 0.767. The molecular weight excluding hydrogens is 308 g/mol. The van der Waals surface area contributed by atoms with Crippen molar-refractivity contribution in [1.82, 2.24) is 9.97 Å². The first-order valence-corrected chi connectivity index (χ1v) is 7.28. The Hall–Kier alpha value is -1.00. The molecule has 4 heteroatoms. The Bertz CT molecular complexity index is 617. The Labute approximate surface area is 120 Å². The molecule has 0 saturated heterocycles. The third-order valence-corrected chi connectivity index (χ3v) is 4.48. The Kier molecular flexibility index (Phi) is 3.31. The van der Waals surface area contributed by atoms with Gasteiger partial charge in [-0.2, -0.15) is 0 Å². The SMILES string of the molecule is S=c1nc(CC2CC2)[nH]c(-c2ccccc2)c1Br. The summed E-state index contributed by atoms with van der Waals surface area (Å²) in [5, 5.41) is 0. The number of rotatable bonds is 3. The highest BCUT2D eigenvalue weighted by molar-refractivity contribution is 9.10. The zero-order valence-electron chi connectivity index (χ0n) is 9.82. The largest absolute Gasteiger partial charge is 0.342 e. The van der Waals surface area contributed by atoms with Crippen LogP contribution in [0.2, 0.25) is 0 Å². The second kappa shape index (κ2) is 4.94. The number of nitrogens with one attached hydrogen (secondary N) is 1. The van der Waals surface area contributed by atoms with Crippen LogP contribution >= 0.6 is 28.1 Å². The normalized spacial score (nSPS) is 14.7. The quantitative estimate of drug-likeness (QED) is 0.842. The molecule has 0 unspecified atom stereocenters. The van der Waals surface area contributed by atoms with Gasteiger partial charge in [0.15, 0.2) is 0 Å². The molecule has 1 aliphatic carbocycles. The van der Waals surface area contributed by atoms with Crippen molar-refractivity contribution >= 4 is 28.1 Å². The van der Waals surface area contributed by atoms with Gasteiger partial charge in [0.1, 0.15) is 10.5 Å². The topological polar surface area (TPSA) is 28.7 Å². The predicted molar refractivity (Wildman–Crippen MR) is 79.0 cm³/mol. The molecule has 0 spiro atoms. The van der Waals surface area contributed by atoms with E-state index in [9.17, 15) is 0 Å². The van der Waals surface area contributed by atoms with Crippen LogP contribution in [0, 0.1) is 10.6 Å². The summed E-state index contributed by atoms with van der Waals surface area (Å²) in [4.78, 5) is 7.87. The number of benzene rings is 1. The van der Waals surface area contributed by atoms with E-state index in [1.54, 1.807) is 0 Å². The zero-order chi connectivity index (χ0) is 12.5. The molecule has 0 bridgehead atoms. The Morgan fingerprint density at radius 2 is 2.00 bits per heavy atom. The number of hydrogen-bond acceptors (Lipinski definition) is 2. The molecule has 18 heavy (non-hydrogen) atoms. The molecule has 2 nitrogen and oxygen atoms in total. The standard InChI is InChI=1S/C14H13BrN2S/c15-12-13(10-4-2-1-3-5-10)16-11(17-14(12)18)8-9-6-7-9/h1-5,9H,6-8H2,(H,16,17,18). The van der Waals surface area contributed by atoms with E-state index < -0.39 is 0 Å². The monoisotopic (exact) mass is 320 g/mol. The number of halogens is 1. The van der Waals surface area contributed by atoms with Gasteiger partial charge in [-0.1, -0.05) is 42.5 Å². The second-order valence-corrected chi connectivity index (χ2v) is 5.87. The van der Waals surface area contributed by atoms with Crippen LogP contribution in [0.3, 0.4) is 0 Å². The average molecular weight is 321 g/mol. The Morgan fingerprint density at radius 3 is 2.67 bits per heavy atom. The number of nitrogens with zero attached hydrogens (tertiary/aromatic N) is 1. The van der Waals surface area contributed by atoms with Crippen molar-refractivity contribution in [2.45, 2.75) is 19.3 Å². The van der Waals surface area contributed by atoms with E-state index in [1.807, 2.05) is 18.2 Å². The maximum absolute atomic E-state index is 5.32. The van der Waals surface area contributed by atoms with E-state index in [2.05, 4.69) is 38.0 Å². The second-order valence-electron chi connectivity index (χ2n) is 4.69. The van der Waals surface area contributed by atoms with Gasteiger partial charge in [0, 0.05) is 6.42 Å². The van der Waals surface area contributed by atoms with Crippen LogP contribution in [0.15, 0.2) is 34.8 Å². The number of aromatic nitrogens is 2. The van der Waals surface area contributed by atoms with Crippen LogP contribution in [0.25, 0.3) is 11.3 Å². The van der Waals surface area contributed by atoms with Gasteiger partial charge < -0.3 is 4.98 Å². The first-order chi connectivity index (χ1) is 8.74. The van der Waals surface area contributed by atoms with Crippen molar-refractivity contribution in [1.29, 1.82) is 0 Å². The molecule has 92 valence electrons. The van der Waals surface area contributed by atoms with Crippen LogP contribution in [0.4, 0.5) is 0 Å². The van der Waals surface area contributed by atoms with Gasteiger partial charge >= 0.3 is 0 Å². The maximum atomic E-state index is 5.32. The summed E-state index contributed by atoms with van der Waals surface area (Å²) >= 11 is 8.86. The summed E-state index contributed by atoms with van der Waals surface area (Å²) in [6.07, 6.45) is 3.65. The smallest absolute Gasteiger partial charge is 0.144 e. The van der Waals surface area contributed by atoms with Crippen molar-refractivity contribution in [3.05, 3.63) is 45.3 Å². The molecule has 0 radical (unpaired) electrons. The van der Waals surface area contributed by atoms with Crippen molar-refractivity contribution in [2.24, 2.45) is 5.92 Å². The lowest BCUT2D eigenvalue weighted by Crippen LogP contribution is -2.00. The molecule has 3 rings (SSSR count). The van der Waals surface area contributed by atoms with Crippen LogP contribution in [0.5, 0.6) is 0 Å². The molecular formula is C14H13BrN2S. The molecule has 0 aliphatic heterocycles. The van der Waals surface area contributed by atoms with E-state index in [-0.39, 0.29) is 0 Å². The summed E-state index contributed by atoms with van der Waals surface area (Å²) in [6.45, 7) is 0. The summed E-state index contributed by atoms with van der Waals surface area (Å²) in [5.41, 5.74) is 2.17. The third kappa shape index (κ3) is 2.54. The molecule has 1 aromatic heterocycles. The molecule has 1 aromatic carbocycles. The lowest BCUT2D eigenvalue weighted by Gasteiger charge is -2.08.